The Morgan fingerprint density at radius 3 is 2.46 bits per heavy atom. The van der Waals surface area contributed by atoms with Crippen LogP contribution in [-0.4, -0.2) is 42.3 Å². The molecule has 0 saturated heterocycles. The zero-order valence-electron chi connectivity index (χ0n) is 14.1. The molecule has 0 unspecified atom stereocenters. The second kappa shape index (κ2) is 7.74. The second-order valence-corrected chi connectivity index (χ2v) is 5.80. The number of benzene rings is 1. The van der Waals surface area contributed by atoms with Crippen molar-refractivity contribution in [3.05, 3.63) is 52.1 Å². The first kappa shape index (κ1) is 19.7. The van der Waals surface area contributed by atoms with E-state index < -0.39 is 39.9 Å². The summed E-state index contributed by atoms with van der Waals surface area (Å²) in [5.74, 6) is -6.39. The topological polar surface area (TPSA) is 59.5 Å². The first-order chi connectivity index (χ1) is 12.2. The van der Waals surface area contributed by atoms with E-state index in [-0.39, 0.29) is 23.1 Å². The Labute approximate surface area is 152 Å². The van der Waals surface area contributed by atoms with Crippen LogP contribution in [0, 0.1) is 17.5 Å². The van der Waals surface area contributed by atoms with E-state index in [4.69, 9.17) is 16.3 Å². The van der Waals surface area contributed by atoms with Gasteiger partial charge in [-0.1, -0.05) is 11.6 Å². The number of aromatic nitrogens is 1. The highest BCUT2D eigenvalue weighted by Crippen LogP contribution is 2.27. The molecule has 0 saturated carbocycles. The first-order valence-corrected chi connectivity index (χ1v) is 7.79. The van der Waals surface area contributed by atoms with E-state index in [0.29, 0.717) is 6.07 Å². The molecule has 9 heteroatoms. The summed E-state index contributed by atoms with van der Waals surface area (Å²) >= 11 is 5.92. The van der Waals surface area contributed by atoms with E-state index in [0.717, 1.165) is 6.07 Å². The molecular formula is C17H14ClF3N2O3. The number of fused-ring (bicyclic) bond motifs is 1. The maximum Gasteiger partial charge on any atom is 0.343 e. The summed E-state index contributed by atoms with van der Waals surface area (Å²) in [5.41, 5.74) is -1.14. The van der Waals surface area contributed by atoms with Gasteiger partial charge in [-0.15, -0.1) is 0 Å². The molecule has 0 aliphatic rings. The molecule has 0 aliphatic carbocycles. The maximum absolute atomic E-state index is 13.8. The van der Waals surface area contributed by atoms with Crippen molar-refractivity contribution < 1.29 is 27.5 Å². The Bertz CT molecular complexity index is 929. The van der Waals surface area contributed by atoms with Crippen molar-refractivity contribution in [2.75, 3.05) is 20.7 Å². The van der Waals surface area contributed by atoms with Gasteiger partial charge in [-0.3, -0.25) is 4.79 Å². The van der Waals surface area contributed by atoms with Crippen LogP contribution >= 0.6 is 11.6 Å². The molecule has 26 heavy (non-hydrogen) atoms. The average Bonchev–Trinajstić information content (AvgIpc) is 2.57. The van der Waals surface area contributed by atoms with Gasteiger partial charge in [0.1, 0.15) is 16.2 Å². The molecule has 2 rings (SSSR count). The summed E-state index contributed by atoms with van der Waals surface area (Å²) in [6, 6.07) is 1.73. The molecule has 138 valence electrons. The predicted octanol–water partition coefficient (Wildman–Crippen LogP) is 3.50. The highest BCUT2D eigenvalue weighted by atomic mass is 35.5. The van der Waals surface area contributed by atoms with Crippen LogP contribution in [0.2, 0.25) is 5.15 Å². The lowest BCUT2D eigenvalue weighted by atomic mass is 10.0. The molecule has 0 bridgehead atoms. The quantitative estimate of drug-likeness (QED) is 0.150. The fourth-order valence-corrected chi connectivity index (χ4v) is 2.40. The number of carbonyl (C=O) groups excluding carboxylic acids is 2. The minimum Gasteiger partial charge on any atom is -0.462 e. The number of hydrogen-bond acceptors (Lipinski definition) is 5. The Kier molecular flexibility index (Phi) is 5.86. The Hall–Kier alpha value is -2.61. The number of ketones is 1. The lowest BCUT2D eigenvalue weighted by Crippen LogP contribution is -2.20. The smallest absolute Gasteiger partial charge is 0.343 e. The number of esters is 1. The summed E-state index contributed by atoms with van der Waals surface area (Å²) in [6.45, 7) is 1.61. The number of ether oxygens (including phenoxy) is 1. The van der Waals surface area contributed by atoms with Gasteiger partial charge in [0.15, 0.2) is 17.5 Å². The van der Waals surface area contributed by atoms with Crippen molar-refractivity contribution in [3.8, 4) is 0 Å². The lowest BCUT2D eigenvalue weighted by Gasteiger charge is -2.12. The molecule has 0 atom stereocenters. The van der Waals surface area contributed by atoms with Crippen LogP contribution in [0.1, 0.15) is 17.3 Å². The van der Waals surface area contributed by atoms with E-state index in [1.54, 1.807) is 21.0 Å². The predicted molar refractivity (Wildman–Crippen MR) is 89.4 cm³/mol. The average molecular weight is 387 g/mol. The number of carbonyl (C=O) groups is 2. The molecule has 0 amide bonds. The zero-order valence-corrected chi connectivity index (χ0v) is 14.8. The summed E-state index contributed by atoms with van der Waals surface area (Å²) in [5, 5.41) is -0.636. The lowest BCUT2D eigenvalue weighted by molar-refractivity contribution is -0.138. The first-order valence-electron chi connectivity index (χ1n) is 7.41. The van der Waals surface area contributed by atoms with Crippen LogP contribution < -0.4 is 0 Å². The molecular weight excluding hydrogens is 373 g/mol. The fraction of sp³-hybridized carbons (Fsp3) is 0.235. The Morgan fingerprint density at radius 1 is 1.23 bits per heavy atom. The second-order valence-electron chi connectivity index (χ2n) is 5.44. The minimum absolute atomic E-state index is 0.0380. The van der Waals surface area contributed by atoms with Gasteiger partial charge >= 0.3 is 5.97 Å². The molecule has 1 aromatic carbocycles. The fourth-order valence-electron chi connectivity index (χ4n) is 2.18. The SMILES string of the molecule is CCOC(=O)/C(=C\N(C)C)C(=O)c1cc2cc(F)c(F)c(F)c2nc1Cl. The highest BCUT2D eigenvalue weighted by molar-refractivity contribution is 6.36. The van der Waals surface area contributed by atoms with Crippen LogP contribution in [0.3, 0.4) is 0 Å². The van der Waals surface area contributed by atoms with Crippen molar-refractivity contribution in [2.24, 2.45) is 0 Å². The largest absolute Gasteiger partial charge is 0.462 e. The number of Topliss-reactive ketones (excluding diaryl/α,β-unsaturated/α-hetero) is 1. The maximum atomic E-state index is 13.8. The normalized spacial score (nSPS) is 11.6. The Morgan fingerprint density at radius 2 is 1.88 bits per heavy atom. The van der Waals surface area contributed by atoms with E-state index in [9.17, 15) is 22.8 Å². The van der Waals surface area contributed by atoms with Gasteiger partial charge in [0.2, 0.25) is 5.78 Å². The molecule has 0 N–H and O–H groups in total. The number of rotatable bonds is 5. The molecule has 0 fully saturated rings. The van der Waals surface area contributed by atoms with Gasteiger partial charge in [0.25, 0.3) is 0 Å². The number of hydrogen-bond donors (Lipinski definition) is 0. The van der Waals surface area contributed by atoms with Gasteiger partial charge in [-0.2, -0.15) is 0 Å². The van der Waals surface area contributed by atoms with Crippen LogP contribution in [0.5, 0.6) is 0 Å². The summed E-state index contributed by atoms with van der Waals surface area (Å²) in [4.78, 5) is 29.8. The standard InChI is InChI=1S/C17H14ClF3N2O3/c1-4-26-17(25)10(7-23(2)3)15(24)9-5-8-6-11(19)12(20)13(21)14(8)22-16(9)18/h5-7H,4H2,1-3H3/b10-7-. The van der Waals surface area contributed by atoms with Crippen molar-refractivity contribution in [3.63, 3.8) is 0 Å². The van der Waals surface area contributed by atoms with E-state index in [1.165, 1.54) is 11.1 Å². The van der Waals surface area contributed by atoms with Gasteiger partial charge < -0.3 is 9.64 Å². The van der Waals surface area contributed by atoms with Crippen molar-refractivity contribution >= 4 is 34.3 Å². The molecule has 0 aliphatic heterocycles. The van der Waals surface area contributed by atoms with E-state index >= 15 is 0 Å². The molecule has 1 aromatic heterocycles. The van der Waals surface area contributed by atoms with Crippen LogP contribution in [0.15, 0.2) is 23.9 Å². The molecule has 1 heterocycles. The van der Waals surface area contributed by atoms with Crippen LogP contribution in [-0.2, 0) is 9.53 Å². The third-order valence-electron chi connectivity index (χ3n) is 3.27. The molecule has 0 spiro atoms. The third-order valence-corrected chi connectivity index (χ3v) is 3.56. The van der Waals surface area contributed by atoms with Crippen molar-refractivity contribution in [1.29, 1.82) is 0 Å². The highest BCUT2D eigenvalue weighted by Gasteiger charge is 2.26. The third kappa shape index (κ3) is 3.80. The summed E-state index contributed by atoms with van der Waals surface area (Å²) < 4.78 is 45.4. The molecule has 5 nitrogen and oxygen atoms in total. The van der Waals surface area contributed by atoms with Gasteiger partial charge in [-0.25, -0.2) is 22.9 Å². The van der Waals surface area contributed by atoms with Crippen LogP contribution in [0.4, 0.5) is 13.2 Å². The number of halogens is 4. The number of pyridine rings is 1. The van der Waals surface area contributed by atoms with Crippen molar-refractivity contribution in [1.82, 2.24) is 9.88 Å². The Balaban J connectivity index is 2.64. The zero-order chi connectivity index (χ0) is 19.6. The van der Waals surface area contributed by atoms with Gasteiger partial charge in [0.05, 0.1) is 12.2 Å². The molecule has 2 aromatic rings. The van der Waals surface area contributed by atoms with Crippen LogP contribution in [0.25, 0.3) is 10.9 Å². The monoisotopic (exact) mass is 386 g/mol. The van der Waals surface area contributed by atoms with E-state index in [1.807, 2.05) is 0 Å². The van der Waals surface area contributed by atoms with Crippen molar-refractivity contribution in [2.45, 2.75) is 6.92 Å². The summed E-state index contributed by atoms with van der Waals surface area (Å²) in [7, 11) is 3.17. The summed E-state index contributed by atoms with van der Waals surface area (Å²) in [6.07, 6.45) is 1.23. The molecule has 0 radical (unpaired) electrons. The van der Waals surface area contributed by atoms with Gasteiger partial charge in [-0.05, 0) is 19.1 Å². The number of nitrogens with zero attached hydrogens (tertiary/aromatic N) is 2. The van der Waals surface area contributed by atoms with Gasteiger partial charge in [0, 0.05) is 25.7 Å². The minimum atomic E-state index is -1.69. The van der Waals surface area contributed by atoms with E-state index in [2.05, 4.69) is 4.98 Å².